The zero-order chi connectivity index (χ0) is 26.1. The number of ether oxygens (including phenoxy) is 1. The molecule has 1 aliphatic heterocycles. The standard InChI is InChI=1S/C30H21N5O2S/c1-37-23-14-12-19(13-15-23)16-21(18-31)28-32-29(36)26-27-25(38-30(26)33-28)17-24(20-8-4-2-5-9-20)34-35(27)22-10-6-3-7-11-22/h2-16H,17H2,1H3,(H,32,33,36)/b21-16+. The fourth-order valence-corrected chi connectivity index (χ4v) is 5.59. The molecule has 3 heterocycles. The molecule has 184 valence electrons. The highest BCUT2D eigenvalue weighted by Gasteiger charge is 2.29. The first kappa shape index (κ1) is 23.4. The van der Waals surface area contributed by atoms with Crippen molar-refractivity contribution in [2.24, 2.45) is 5.10 Å². The average Bonchev–Trinajstić information content (AvgIpc) is 3.35. The number of anilines is 2. The van der Waals surface area contributed by atoms with Gasteiger partial charge in [-0.1, -0.05) is 60.7 Å². The smallest absolute Gasteiger partial charge is 0.262 e. The second kappa shape index (κ2) is 9.81. The summed E-state index contributed by atoms with van der Waals surface area (Å²) in [5, 5.41) is 17.2. The minimum absolute atomic E-state index is 0.231. The fourth-order valence-electron chi connectivity index (χ4n) is 4.44. The topological polar surface area (TPSA) is 94.4 Å². The first-order valence-electron chi connectivity index (χ1n) is 11.9. The Labute approximate surface area is 222 Å². The molecule has 0 radical (unpaired) electrons. The zero-order valence-corrected chi connectivity index (χ0v) is 21.2. The maximum absolute atomic E-state index is 13.5. The van der Waals surface area contributed by atoms with Gasteiger partial charge >= 0.3 is 0 Å². The van der Waals surface area contributed by atoms with Crippen LogP contribution in [0.2, 0.25) is 0 Å². The summed E-state index contributed by atoms with van der Waals surface area (Å²) in [5.41, 5.74) is 4.26. The van der Waals surface area contributed by atoms with Crippen LogP contribution in [0.3, 0.4) is 0 Å². The highest BCUT2D eigenvalue weighted by atomic mass is 32.1. The van der Waals surface area contributed by atoms with Crippen molar-refractivity contribution in [2.75, 3.05) is 12.1 Å². The summed E-state index contributed by atoms with van der Waals surface area (Å²) in [6, 6.07) is 29.3. The summed E-state index contributed by atoms with van der Waals surface area (Å²) in [6.07, 6.45) is 2.27. The maximum atomic E-state index is 13.5. The number of benzene rings is 3. The van der Waals surface area contributed by atoms with Gasteiger partial charge in [0.15, 0.2) is 5.82 Å². The number of nitriles is 1. The van der Waals surface area contributed by atoms with E-state index in [1.807, 2.05) is 89.9 Å². The molecule has 1 N–H and O–H groups in total. The molecule has 7 nitrogen and oxygen atoms in total. The van der Waals surface area contributed by atoms with Gasteiger partial charge in [0, 0.05) is 11.3 Å². The van der Waals surface area contributed by atoms with Crippen molar-refractivity contribution < 1.29 is 4.74 Å². The Kier molecular flexibility index (Phi) is 6.04. The SMILES string of the molecule is COc1ccc(/C=C(\C#N)c2nc3sc4c(c3c(=O)[nH]2)N(c2ccccc2)N=C(c2ccccc2)C4)cc1. The summed E-state index contributed by atoms with van der Waals surface area (Å²) in [4.78, 5) is 22.6. The van der Waals surface area contributed by atoms with E-state index in [0.29, 0.717) is 16.6 Å². The van der Waals surface area contributed by atoms with Crippen molar-refractivity contribution >= 4 is 50.3 Å². The minimum Gasteiger partial charge on any atom is -0.497 e. The van der Waals surface area contributed by atoms with Gasteiger partial charge in [0.25, 0.3) is 5.56 Å². The van der Waals surface area contributed by atoms with E-state index in [2.05, 4.69) is 11.1 Å². The molecule has 0 spiro atoms. The number of H-pyrrole nitrogens is 1. The van der Waals surface area contributed by atoms with Crippen LogP contribution in [0, 0.1) is 11.3 Å². The molecular formula is C30H21N5O2S. The summed E-state index contributed by atoms with van der Waals surface area (Å²) >= 11 is 1.46. The highest BCUT2D eigenvalue weighted by molar-refractivity contribution is 7.19. The first-order chi connectivity index (χ1) is 18.6. The Morgan fingerprint density at radius 3 is 2.45 bits per heavy atom. The Bertz CT molecular complexity index is 1800. The van der Waals surface area contributed by atoms with Crippen LogP contribution in [-0.2, 0) is 6.42 Å². The molecule has 38 heavy (non-hydrogen) atoms. The number of nitrogens with zero attached hydrogens (tertiary/aromatic N) is 4. The third-order valence-electron chi connectivity index (χ3n) is 6.28. The predicted molar refractivity (Wildman–Crippen MR) is 152 cm³/mol. The van der Waals surface area contributed by atoms with E-state index in [0.717, 1.165) is 38.8 Å². The quantitative estimate of drug-likeness (QED) is 0.283. The summed E-state index contributed by atoms with van der Waals surface area (Å²) in [6.45, 7) is 0. The lowest BCUT2D eigenvalue weighted by atomic mass is 10.0. The molecule has 0 fully saturated rings. The van der Waals surface area contributed by atoms with E-state index >= 15 is 0 Å². The Balaban J connectivity index is 1.49. The van der Waals surface area contributed by atoms with E-state index in [4.69, 9.17) is 14.8 Å². The number of methoxy groups -OCH3 is 1. The van der Waals surface area contributed by atoms with Crippen LogP contribution < -0.4 is 15.3 Å². The van der Waals surface area contributed by atoms with Gasteiger partial charge in [0.05, 0.1) is 29.8 Å². The van der Waals surface area contributed by atoms with Gasteiger partial charge in [-0.2, -0.15) is 10.4 Å². The first-order valence-corrected chi connectivity index (χ1v) is 12.8. The number of hydrogen-bond acceptors (Lipinski definition) is 7. The molecule has 6 rings (SSSR count). The van der Waals surface area contributed by atoms with Gasteiger partial charge in [-0.05, 0) is 41.5 Å². The number of fused-ring (bicyclic) bond motifs is 3. The summed E-state index contributed by atoms with van der Waals surface area (Å²) in [5.74, 6) is 0.952. The largest absolute Gasteiger partial charge is 0.497 e. The van der Waals surface area contributed by atoms with Crippen molar-refractivity contribution in [3.8, 4) is 11.8 Å². The average molecular weight is 516 g/mol. The van der Waals surface area contributed by atoms with Crippen LogP contribution in [0.15, 0.2) is 94.8 Å². The van der Waals surface area contributed by atoms with Gasteiger partial charge in [0.2, 0.25) is 0 Å². The normalized spacial score (nSPS) is 13.1. The molecule has 0 amide bonds. The lowest BCUT2D eigenvalue weighted by Crippen LogP contribution is -2.23. The van der Waals surface area contributed by atoms with E-state index in [-0.39, 0.29) is 17.0 Å². The molecule has 0 saturated carbocycles. The van der Waals surface area contributed by atoms with Gasteiger partial charge in [-0.25, -0.2) is 9.99 Å². The number of hydrazone groups is 1. The molecule has 2 aromatic heterocycles. The predicted octanol–water partition coefficient (Wildman–Crippen LogP) is 6.16. The lowest BCUT2D eigenvalue weighted by Gasteiger charge is -2.26. The molecule has 0 atom stereocenters. The minimum atomic E-state index is -0.308. The summed E-state index contributed by atoms with van der Waals surface area (Å²) in [7, 11) is 1.60. The van der Waals surface area contributed by atoms with Crippen LogP contribution >= 0.6 is 11.3 Å². The number of nitrogens with one attached hydrogen (secondary N) is 1. The van der Waals surface area contributed by atoms with Crippen LogP contribution in [0.1, 0.15) is 21.8 Å². The van der Waals surface area contributed by atoms with Crippen molar-refractivity contribution in [1.29, 1.82) is 5.26 Å². The van der Waals surface area contributed by atoms with E-state index in [1.54, 1.807) is 13.2 Å². The van der Waals surface area contributed by atoms with Crippen molar-refractivity contribution in [1.82, 2.24) is 9.97 Å². The summed E-state index contributed by atoms with van der Waals surface area (Å²) < 4.78 is 5.21. The van der Waals surface area contributed by atoms with Gasteiger partial charge in [-0.15, -0.1) is 11.3 Å². The Hall–Kier alpha value is -5.00. The molecule has 0 bridgehead atoms. The Morgan fingerprint density at radius 1 is 1.05 bits per heavy atom. The molecule has 1 aliphatic rings. The number of aromatic nitrogens is 2. The second-order valence-corrected chi connectivity index (χ2v) is 9.73. The number of para-hydroxylation sites is 1. The van der Waals surface area contributed by atoms with E-state index < -0.39 is 0 Å². The zero-order valence-electron chi connectivity index (χ0n) is 20.4. The Morgan fingerprint density at radius 2 is 1.76 bits per heavy atom. The third-order valence-corrected chi connectivity index (χ3v) is 7.35. The molecular weight excluding hydrogens is 494 g/mol. The molecule has 8 heteroatoms. The van der Waals surface area contributed by atoms with Crippen LogP contribution in [0.25, 0.3) is 21.9 Å². The van der Waals surface area contributed by atoms with Gasteiger partial charge in [-0.3, -0.25) is 4.79 Å². The highest BCUT2D eigenvalue weighted by Crippen LogP contribution is 2.43. The van der Waals surface area contributed by atoms with Gasteiger partial charge < -0.3 is 9.72 Å². The number of aromatic amines is 1. The lowest BCUT2D eigenvalue weighted by molar-refractivity contribution is 0.415. The maximum Gasteiger partial charge on any atom is 0.262 e. The van der Waals surface area contributed by atoms with E-state index in [1.165, 1.54) is 11.3 Å². The molecule has 0 unspecified atom stereocenters. The number of hydrogen-bond donors (Lipinski definition) is 1. The fraction of sp³-hybridized carbons (Fsp3) is 0.0667. The van der Waals surface area contributed by atoms with Crippen molar-refractivity contribution in [3.63, 3.8) is 0 Å². The number of thiophene rings is 1. The van der Waals surface area contributed by atoms with Crippen molar-refractivity contribution in [2.45, 2.75) is 6.42 Å². The van der Waals surface area contributed by atoms with Crippen LogP contribution in [-0.4, -0.2) is 22.8 Å². The number of rotatable bonds is 5. The van der Waals surface area contributed by atoms with Crippen LogP contribution in [0.4, 0.5) is 11.4 Å². The third kappa shape index (κ3) is 4.25. The van der Waals surface area contributed by atoms with Crippen molar-refractivity contribution in [3.05, 3.63) is 117 Å². The molecule has 3 aromatic carbocycles. The van der Waals surface area contributed by atoms with Crippen LogP contribution in [0.5, 0.6) is 5.75 Å². The second-order valence-electron chi connectivity index (χ2n) is 8.65. The van der Waals surface area contributed by atoms with E-state index in [9.17, 15) is 10.1 Å². The molecule has 0 saturated heterocycles. The monoisotopic (exact) mass is 515 g/mol. The van der Waals surface area contributed by atoms with Gasteiger partial charge in [0.1, 0.15) is 22.0 Å². The molecule has 5 aromatic rings. The molecule has 0 aliphatic carbocycles. The number of allylic oxidation sites excluding steroid dienone is 1.